The Morgan fingerprint density at radius 2 is 2.18 bits per heavy atom. The van der Waals surface area contributed by atoms with Gasteiger partial charge in [-0.3, -0.25) is 4.68 Å². The third kappa shape index (κ3) is 3.84. The van der Waals surface area contributed by atoms with Gasteiger partial charge >= 0.3 is 0 Å². The summed E-state index contributed by atoms with van der Waals surface area (Å²) in [4.78, 5) is 0. The van der Waals surface area contributed by atoms with Crippen LogP contribution in [0.5, 0.6) is 0 Å². The predicted octanol–water partition coefficient (Wildman–Crippen LogP) is 3.28. The van der Waals surface area contributed by atoms with E-state index in [0.29, 0.717) is 6.04 Å². The molecule has 3 nitrogen and oxygen atoms in total. The maximum Gasteiger partial charge on any atom is 0.0762 e. The Morgan fingerprint density at radius 1 is 1.35 bits per heavy atom. The van der Waals surface area contributed by atoms with Crippen LogP contribution in [0.25, 0.3) is 0 Å². The van der Waals surface area contributed by atoms with Crippen LogP contribution in [0.2, 0.25) is 0 Å². The molecule has 0 spiro atoms. The second-order valence-corrected chi connectivity index (χ2v) is 5.11. The zero-order valence-electron chi connectivity index (χ0n) is 11.0. The largest absolute Gasteiger partial charge is 0.311 e. The second-order valence-electron chi connectivity index (χ2n) is 5.11. The molecule has 0 saturated heterocycles. The summed E-state index contributed by atoms with van der Waals surface area (Å²) in [6.45, 7) is 4.24. The van der Waals surface area contributed by atoms with E-state index in [1.807, 2.05) is 0 Å². The smallest absolute Gasteiger partial charge is 0.0762 e. The second kappa shape index (κ2) is 6.80. The number of hydrogen-bond acceptors (Lipinski definition) is 2. The summed E-state index contributed by atoms with van der Waals surface area (Å²) in [5.41, 5.74) is 1.19. The van der Waals surface area contributed by atoms with Crippen molar-refractivity contribution in [3.05, 3.63) is 18.0 Å². The molecule has 1 aliphatic carbocycles. The topological polar surface area (TPSA) is 29.9 Å². The fourth-order valence-electron chi connectivity index (χ4n) is 2.54. The van der Waals surface area contributed by atoms with Crippen molar-refractivity contribution < 1.29 is 0 Å². The molecule has 1 aromatic heterocycles. The van der Waals surface area contributed by atoms with Crippen molar-refractivity contribution in [1.29, 1.82) is 0 Å². The number of nitrogens with one attached hydrogen (secondary N) is 1. The highest BCUT2D eigenvalue weighted by Crippen LogP contribution is 2.27. The standard InChI is InChI=1S/C14H25N3/c1-2-3-10-15-12-13-9-11-17(16-13)14-7-5-4-6-8-14/h9,11,14-15H,2-8,10,12H2,1H3. The van der Waals surface area contributed by atoms with E-state index in [0.717, 1.165) is 13.1 Å². The van der Waals surface area contributed by atoms with E-state index >= 15 is 0 Å². The van der Waals surface area contributed by atoms with Crippen molar-refractivity contribution >= 4 is 0 Å². The van der Waals surface area contributed by atoms with Crippen molar-refractivity contribution in [2.75, 3.05) is 6.54 Å². The average Bonchev–Trinajstić information content (AvgIpc) is 2.85. The summed E-state index contributed by atoms with van der Waals surface area (Å²) in [6, 6.07) is 2.82. The van der Waals surface area contributed by atoms with Crippen molar-refractivity contribution in [2.24, 2.45) is 0 Å². The third-order valence-electron chi connectivity index (χ3n) is 3.63. The lowest BCUT2D eigenvalue weighted by molar-refractivity contribution is 0.327. The summed E-state index contributed by atoms with van der Waals surface area (Å²) in [5.74, 6) is 0. The molecule has 0 radical (unpaired) electrons. The highest BCUT2D eigenvalue weighted by atomic mass is 15.3. The first-order chi connectivity index (χ1) is 8.40. The van der Waals surface area contributed by atoms with Gasteiger partial charge in [-0.1, -0.05) is 32.6 Å². The first kappa shape index (κ1) is 12.6. The maximum absolute atomic E-state index is 4.69. The predicted molar refractivity (Wildman–Crippen MR) is 71.0 cm³/mol. The molecule has 1 heterocycles. The van der Waals surface area contributed by atoms with Crippen LogP contribution in [0.1, 0.15) is 63.6 Å². The minimum Gasteiger partial charge on any atom is -0.311 e. The van der Waals surface area contributed by atoms with Crippen LogP contribution in [0.4, 0.5) is 0 Å². The van der Waals surface area contributed by atoms with E-state index in [1.54, 1.807) is 0 Å². The minimum absolute atomic E-state index is 0.660. The van der Waals surface area contributed by atoms with Gasteiger partial charge in [-0.25, -0.2) is 0 Å². The molecule has 0 aliphatic heterocycles. The van der Waals surface area contributed by atoms with Gasteiger partial charge in [-0.15, -0.1) is 0 Å². The molecule has 96 valence electrons. The molecule has 1 fully saturated rings. The molecule has 1 N–H and O–H groups in total. The van der Waals surface area contributed by atoms with Crippen LogP contribution in [-0.2, 0) is 6.54 Å². The molecule has 0 aromatic carbocycles. The number of unbranched alkanes of at least 4 members (excludes halogenated alkanes) is 1. The van der Waals surface area contributed by atoms with Crippen LogP contribution in [0, 0.1) is 0 Å². The van der Waals surface area contributed by atoms with Crippen molar-refractivity contribution in [3.8, 4) is 0 Å². The van der Waals surface area contributed by atoms with Crippen molar-refractivity contribution in [3.63, 3.8) is 0 Å². The van der Waals surface area contributed by atoms with Gasteiger partial charge in [0.1, 0.15) is 0 Å². The lowest BCUT2D eigenvalue weighted by Gasteiger charge is -2.21. The van der Waals surface area contributed by atoms with Gasteiger partial charge < -0.3 is 5.32 Å². The minimum atomic E-state index is 0.660. The first-order valence-corrected chi connectivity index (χ1v) is 7.15. The van der Waals surface area contributed by atoms with Crippen LogP contribution in [0.15, 0.2) is 12.3 Å². The molecule has 17 heavy (non-hydrogen) atoms. The number of aromatic nitrogens is 2. The molecular formula is C14H25N3. The molecular weight excluding hydrogens is 210 g/mol. The number of nitrogens with zero attached hydrogens (tertiary/aromatic N) is 2. The molecule has 0 unspecified atom stereocenters. The van der Waals surface area contributed by atoms with Crippen LogP contribution >= 0.6 is 0 Å². The number of rotatable bonds is 6. The van der Waals surface area contributed by atoms with Gasteiger partial charge in [0, 0.05) is 12.7 Å². The first-order valence-electron chi connectivity index (χ1n) is 7.15. The summed E-state index contributed by atoms with van der Waals surface area (Å²) in [7, 11) is 0. The Labute approximate surface area is 105 Å². The Balaban J connectivity index is 1.78. The van der Waals surface area contributed by atoms with Crippen LogP contribution in [-0.4, -0.2) is 16.3 Å². The summed E-state index contributed by atoms with van der Waals surface area (Å²) in [6.07, 6.45) is 11.4. The highest BCUT2D eigenvalue weighted by Gasteiger charge is 2.15. The SMILES string of the molecule is CCCCNCc1ccn(C2CCCCC2)n1. The Morgan fingerprint density at radius 3 is 2.94 bits per heavy atom. The van der Waals surface area contributed by atoms with Gasteiger partial charge in [-0.2, -0.15) is 5.10 Å². The lowest BCUT2D eigenvalue weighted by Crippen LogP contribution is -2.16. The zero-order chi connectivity index (χ0) is 11.9. The van der Waals surface area contributed by atoms with Gasteiger partial charge in [0.05, 0.1) is 11.7 Å². The van der Waals surface area contributed by atoms with E-state index in [4.69, 9.17) is 0 Å². The van der Waals surface area contributed by atoms with E-state index < -0.39 is 0 Å². The number of hydrogen-bond donors (Lipinski definition) is 1. The van der Waals surface area contributed by atoms with E-state index in [9.17, 15) is 0 Å². The Hall–Kier alpha value is -0.830. The van der Waals surface area contributed by atoms with Gasteiger partial charge in [0.2, 0.25) is 0 Å². The summed E-state index contributed by atoms with van der Waals surface area (Å²) in [5, 5.41) is 8.13. The Kier molecular flexibility index (Phi) is 5.05. The normalized spacial score (nSPS) is 17.5. The van der Waals surface area contributed by atoms with Crippen LogP contribution < -0.4 is 5.32 Å². The molecule has 0 amide bonds. The quantitative estimate of drug-likeness (QED) is 0.767. The third-order valence-corrected chi connectivity index (χ3v) is 3.63. The van der Waals surface area contributed by atoms with Crippen molar-refractivity contribution in [2.45, 2.75) is 64.5 Å². The molecule has 1 saturated carbocycles. The molecule has 3 heteroatoms. The molecule has 0 atom stereocenters. The zero-order valence-corrected chi connectivity index (χ0v) is 11.0. The fraction of sp³-hybridized carbons (Fsp3) is 0.786. The molecule has 2 rings (SSSR count). The Bertz CT molecular complexity index is 313. The van der Waals surface area contributed by atoms with Gasteiger partial charge in [0.15, 0.2) is 0 Å². The van der Waals surface area contributed by atoms with Crippen molar-refractivity contribution in [1.82, 2.24) is 15.1 Å². The van der Waals surface area contributed by atoms with E-state index in [1.165, 1.54) is 50.6 Å². The molecule has 0 bridgehead atoms. The summed E-state index contributed by atoms with van der Waals surface area (Å²) >= 11 is 0. The summed E-state index contributed by atoms with van der Waals surface area (Å²) < 4.78 is 2.19. The molecule has 1 aliphatic rings. The van der Waals surface area contributed by atoms with E-state index in [2.05, 4.69) is 34.3 Å². The lowest BCUT2D eigenvalue weighted by atomic mass is 9.96. The van der Waals surface area contributed by atoms with Crippen LogP contribution in [0.3, 0.4) is 0 Å². The fourth-order valence-corrected chi connectivity index (χ4v) is 2.54. The maximum atomic E-state index is 4.69. The van der Waals surface area contributed by atoms with Gasteiger partial charge in [-0.05, 0) is 31.9 Å². The van der Waals surface area contributed by atoms with Gasteiger partial charge in [0.25, 0.3) is 0 Å². The molecule has 1 aromatic rings. The monoisotopic (exact) mass is 235 g/mol. The average molecular weight is 235 g/mol. The highest BCUT2D eigenvalue weighted by molar-refractivity contribution is 4.99. The van der Waals surface area contributed by atoms with E-state index in [-0.39, 0.29) is 0 Å².